The number of benzene rings is 2. The minimum atomic E-state index is -3.98. The first kappa shape index (κ1) is 24.5. The van der Waals surface area contributed by atoms with Crippen molar-refractivity contribution in [1.82, 2.24) is 4.98 Å². The van der Waals surface area contributed by atoms with Crippen LogP contribution < -0.4 is 18.7 Å². The molecule has 2 aromatic carbocycles. The van der Waals surface area contributed by atoms with Gasteiger partial charge in [0.05, 0.1) is 36.5 Å². The summed E-state index contributed by atoms with van der Waals surface area (Å²) < 4.78 is 39.9. The van der Waals surface area contributed by atoms with E-state index >= 15 is 0 Å². The number of carbonyl (C=O) groups is 1. The van der Waals surface area contributed by atoms with Gasteiger partial charge in [0.15, 0.2) is 5.13 Å². The Balaban J connectivity index is 1.71. The van der Waals surface area contributed by atoms with E-state index in [1.54, 1.807) is 49.9 Å². The normalized spacial score (nSPS) is 13.5. The topological polar surface area (TPSA) is 89.0 Å². The van der Waals surface area contributed by atoms with E-state index in [-0.39, 0.29) is 17.2 Å². The van der Waals surface area contributed by atoms with E-state index in [4.69, 9.17) is 9.47 Å². The predicted molar refractivity (Wildman–Crippen MR) is 137 cm³/mol. The zero-order valence-electron chi connectivity index (χ0n) is 19.4. The van der Waals surface area contributed by atoms with Gasteiger partial charge >= 0.3 is 0 Å². The van der Waals surface area contributed by atoms with Crippen molar-refractivity contribution < 1.29 is 22.7 Å². The number of nitrogens with zero attached hydrogens (tertiary/aromatic N) is 3. The number of hydrogen-bond donors (Lipinski definition) is 0. The van der Waals surface area contributed by atoms with Crippen LogP contribution in [-0.2, 0) is 21.4 Å². The summed E-state index contributed by atoms with van der Waals surface area (Å²) in [4.78, 5) is 18.5. The van der Waals surface area contributed by atoms with E-state index < -0.39 is 10.0 Å². The van der Waals surface area contributed by atoms with Gasteiger partial charge in [-0.15, -0.1) is 11.3 Å². The second-order valence-electron chi connectivity index (χ2n) is 7.55. The third-order valence-electron chi connectivity index (χ3n) is 5.50. The lowest BCUT2D eigenvalue weighted by molar-refractivity contribution is -0.111. The molecule has 1 aromatic heterocycles. The van der Waals surface area contributed by atoms with Gasteiger partial charge in [0.25, 0.3) is 10.0 Å². The molecular weight excluding hydrogens is 486 g/mol. The van der Waals surface area contributed by atoms with E-state index in [1.807, 2.05) is 17.0 Å². The second kappa shape index (κ2) is 10.3. The van der Waals surface area contributed by atoms with Gasteiger partial charge in [-0.2, -0.15) is 0 Å². The molecule has 0 atom stereocenters. The summed E-state index contributed by atoms with van der Waals surface area (Å²) in [5.41, 5.74) is 1.86. The number of aromatic nitrogens is 1. The average Bonchev–Trinajstić information content (AvgIpc) is 3.42. The average molecular weight is 512 g/mol. The van der Waals surface area contributed by atoms with E-state index in [2.05, 4.69) is 11.6 Å². The molecule has 0 amide bonds. The lowest BCUT2D eigenvalue weighted by Gasteiger charge is -2.32. The van der Waals surface area contributed by atoms with Crippen molar-refractivity contribution in [3.05, 3.63) is 84.0 Å². The molecule has 0 aliphatic carbocycles. The van der Waals surface area contributed by atoms with E-state index in [9.17, 15) is 13.2 Å². The lowest BCUT2D eigenvalue weighted by atomic mass is 10.1. The molecule has 8 nitrogen and oxygen atoms in total. The smallest absolute Gasteiger partial charge is 0.266 e. The maximum absolute atomic E-state index is 13.8. The maximum atomic E-state index is 13.8. The number of anilines is 2. The fourth-order valence-corrected chi connectivity index (χ4v) is 6.06. The molecule has 0 N–H and O–H groups in total. The van der Waals surface area contributed by atoms with Crippen molar-refractivity contribution in [3.63, 3.8) is 0 Å². The lowest BCUT2D eigenvalue weighted by Crippen LogP contribution is -2.35. The molecule has 35 heavy (non-hydrogen) atoms. The summed E-state index contributed by atoms with van der Waals surface area (Å²) >= 11 is 1.24. The number of methoxy groups -OCH3 is 1. The van der Waals surface area contributed by atoms with Crippen LogP contribution in [0.3, 0.4) is 0 Å². The molecule has 0 saturated carbocycles. The molecule has 1 aliphatic rings. The minimum absolute atomic E-state index is 0.0684. The van der Waals surface area contributed by atoms with E-state index in [0.717, 1.165) is 5.56 Å². The van der Waals surface area contributed by atoms with Crippen molar-refractivity contribution in [2.75, 3.05) is 29.5 Å². The molecule has 0 bridgehead atoms. The second-order valence-corrected chi connectivity index (χ2v) is 10.3. The number of sulfonamides is 1. The highest BCUT2D eigenvalue weighted by atomic mass is 32.2. The molecule has 0 unspecified atom stereocenters. The molecule has 10 heteroatoms. The van der Waals surface area contributed by atoms with Crippen LogP contribution in [0.4, 0.5) is 10.8 Å². The Hall–Kier alpha value is -3.63. The van der Waals surface area contributed by atoms with Crippen LogP contribution in [0.25, 0.3) is 0 Å². The monoisotopic (exact) mass is 511 g/mol. The number of allylic oxidation sites excluding steroid dienone is 2. The summed E-state index contributed by atoms with van der Waals surface area (Å²) in [6.07, 6.45) is 4.54. The number of thiazole rings is 1. The molecule has 2 heterocycles. The molecule has 0 saturated heterocycles. The predicted octanol–water partition coefficient (Wildman–Crippen LogP) is 4.40. The SMILES string of the molecule is C=CC(=O)/C(=C\C)N1CCOc2cc(S(=O)(=O)N(Cc3ccc(OC)cc3)c3nccs3)ccc21. The van der Waals surface area contributed by atoms with Gasteiger partial charge in [0, 0.05) is 17.6 Å². The fourth-order valence-electron chi connectivity index (χ4n) is 3.77. The third-order valence-corrected chi connectivity index (χ3v) is 8.14. The third kappa shape index (κ3) is 4.94. The highest BCUT2D eigenvalue weighted by Gasteiger charge is 2.30. The first-order valence-corrected chi connectivity index (χ1v) is 13.1. The molecule has 1 aliphatic heterocycles. The summed E-state index contributed by atoms with van der Waals surface area (Å²) in [6.45, 7) is 6.21. The van der Waals surface area contributed by atoms with Gasteiger partial charge < -0.3 is 14.4 Å². The maximum Gasteiger partial charge on any atom is 0.266 e. The summed E-state index contributed by atoms with van der Waals surface area (Å²) in [6, 6.07) is 11.9. The highest BCUT2D eigenvalue weighted by Crippen LogP contribution is 2.38. The minimum Gasteiger partial charge on any atom is -0.497 e. The zero-order valence-corrected chi connectivity index (χ0v) is 21.0. The first-order valence-electron chi connectivity index (χ1n) is 10.8. The Bertz CT molecular complexity index is 1350. The van der Waals surface area contributed by atoms with E-state index in [0.29, 0.717) is 41.2 Å². The van der Waals surface area contributed by atoms with Crippen LogP contribution in [0.2, 0.25) is 0 Å². The molecule has 4 rings (SSSR count). The summed E-state index contributed by atoms with van der Waals surface area (Å²) in [5.74, 6) is 0.854. The number of fused-ring (bicyclic) bond motifs is 1. The van der Waals surface area contributed by atoms with Gasteiger partial charge in [-0.25, -0.2) is 17.7 Å². The Morgan fingerprint density at radius 3 is 2.69 bits per heavy atom. The Labute approximate surface area is 208 Å². The molecule has 3 aromatic rings. The molecule has 0 fully saturated rings. The molecule has 0 spiro atoms. The largest absolute Gasteiger partial charge is 0.497 e. The first-order chi connectivity index (χ1) is 16.9. The van der Waals surface area contributed by atoms with Gasteiger partial charge in [0.2, 0.25) is 5.78 Å². The van der Waals surface area contributed by atoms with E-state index in [1.165, 1.54) is 33.9 Å². The summed E-state index contributed by atoms with van der Waals surface area (Å²) in [7, 11) is -2.41. The van der Waals surface area contributed by atoms with Crippen molar-refractivity contribution in [2.45, 2.75) is 18.4 Å². The Morgan fingerprint density at radius 1 is 1.29 bits per heavy atom. The number of hydrogen-bond acceptors (Lipinski definition) is 8. The number of ether oxygens (including phenoxy) is 2. The quantitative estimate of drug-likeness (QED) is 0.393. The number of ketones is 1. The van der Waals surface area contributed by atoms with Crippen LogP contribution in [0.1, 0.15) is 12.5 Å². The number of carbonyl (C=O) groups excluding carboxylic acids is 1. The van der Waals surface area contributed by atoms with Crippen LogP contribution in [0, 0.1) is 0 Å². The van der Waals surface area contributed by atoms with Crippen molar-refractivity contribution in [3.8, 4) is 11.5 Å². The van der Waals surface area contributed by atoms with Crippen molar-refractivity contribution in [2.24, 2.45) is 0 Å². The molecule has 0 radical (unpaired) electrons. The van der Waals surface area contributed by atoms with Gasteiger partial charge in [0.1, 0.15) is 18.1 Å². The fraction of sp³-hybridized carbons (Fsp3) is 0.200. The van der Waals surface area contributed by atoms with Crippen molar-refractivity contribution >= 4 is 38.0 Å². The Morgan fingerprint density at radius 2 is 2.06 bits per heavy atom. The van der Waals surface area contributed by atoms with Crippen LogP contribution in [0.15, 0.2) is 83.4 Å². The zero-order chi connectivity index (χ0) is 25.0. The molecule has 182 valence electrons. The van der Waals surface area contributed by atoms with Gasteiger partial charge in [-0.05, 0) is 42.8 Å². The molecular formula is C25H25N3O5S2. The summed E-state index contributed by atoms with van der Waals surface area (Å²) in [5, 5.41) is 2.09. The number of rotatable bonds is 9. The Kier molecular flexibility index (Phi) is 7.23. The highest BCUT2D eigenvalue weighted by molar-refractivity contribution is 7.93. The van der Waals surface area contributed by atoms with Crippen LogP contribution in [0.5, 0.6) is 11.5 Å². The van der Waals surface area contributed by atoms with Crippen molar-refractivity contribution in [1.29, 1.82) is 0 Å². The standard InChI is InChI=1S/C25H25N3O5S2/c1-4-21(23(29)5-2)27-13-14-33-24-16-20(10-11-22(24)27)35(30,31)28(25-26-12-15-34-25)17-18-6-8-19(32-3)9-7-18/h4-12,15-16H,2,13-14,17H2,1,3H3/b21-4+. The van der Waals surface area contributed by atoms with Crippen LogP contribution in [-0.4, -0.2) is 39.4 Å². The van der Waals surface area contributed by atoms with Crippen LogP contribution >= 0.6 is 11.3 Å². The van der Waals surface area contributed by atoms with Gasteiger partial charge in [-0.1, -0.05) is 24.8 Å². The van der Waals surface area contributed by atoms with Gasteiger partial charge in [-0.3, -0.25) is 4.79 Å².